The summed E-state index contributed by atoms with van der Waals surface area (Å²) in [5.41, 5.74) is 8.04. The van der Waals surface area contributed by atoms with Crippen LogP contribution in [0.1, 0.15) is 68.1 Å². The normalized spacial score (nSPS) is 14.2. The Hall–Kier alpha value is -4.05. The Bertz CT molecular complexity index is 1290. The van der Waals surface area contributed by atoms with Gasteiger partial charge in [0.1, 0.15) is 0 Å². The van der Waals surface area contributed by atoms with Crippen LogP contribution in [0.3, 0.4) is 0 Å². The number of primary amides is 1. The maximum atomic E-state index is 13.9. The van der Waals surface area contributed by atoms with E-state index in [1.807, 2.05) is 17.2 Å². The van der Waals surface area contributed by atoms with Gasteiger partial charge in [0.15, 0.2) is 6.67 Å². The minimum atomic E-state index is -3.60. The van der Waals surface area contributed by atoms with Gasteiger partial charge in [0.05, 0.1) is 0 Å². The Labute approximate surface area is 272 Å². The van der Waals surface area contributed by atoms with Crippen LogP contribution in [0.2, 0.25) is 0 Å². The van der Waals surface area contributed by atoms with Crippen molar-refractivity contribution in [3.05, 3.63) is 102 Å². The summed E-state index contributed by atoms with van der Waals surface area (Å²) < 4.78 is 40.7. The molecule has 252 valence electrons. The Balaban J connectivity index is 0.000000405. The number of carbonyl (C=O) groups is 2. The third-order valence-corrected chi connectivity index (χ3v) is 7.47. The van der Waals surface area contributed by atoms with Crippen molar-refractivity contribution in [3.63, 3.8) is 0 Å². The lowest BCUT2D eigenvalue weighted by atomic mass is 9.90. The van der Waals surface area contributed by atoms with Crippen LogP contribution in [0.25, 0.3) is 0 Å². The zero-order valence-electron chi connectivity index (χ0n) is 27.4. The number of urea groups is 1. The van der Waals surface area contributed by atoms with Gasteiger partial charge in [-0.05, 0) is 87.6 Å². The predicted octanol–water partition coefficient (Wildman–Crippen LogP) is 7.49. The number of hydrogen-bond acceptors (Lipinski definition) is 4. The highest BCUT2D eigenvalue weighted by Gasteiger charge is 2.32. The van der Waals surface area contributed by atoms with Crippen molar-refractivity contribution in [2.24, 2.45) is 5.73 Å². The molecular formula is C36H50F3N5O2. The van der Waals surface area contributed by atoms with E-state index in [4.69, 9.17) is 5.73 Å². The molecule has 1 saturated heterocycles. The van der Waals surface area contributed by atoms with Crippen LogP contribution in [0.15, 0.2) is 85.1 Å². The summed E-state index contributed by atoms with van der Waals surface area (Å²) in [5.74, 6) is -3.30. The van der Waals surface area contributed by atoms with Crippen molar-refractivity contribution in [2.75, 3.05) is 45.7 Å². The molecule has 46 heavy (non-hydrogen) atoms. The summed E-state index contributed by atoms with van der Waals surface area (Å²) >= 11 is 0. The number of benzene rings is 2. The predicted molar refractivity (Wildman–Crippen MR) is 181 cm³/mol. The van der Waals surface area contributed by atoms with E-state index < -0.39 is 18.2 Å². The monoisotopic (exact) mass is 641 g/mol. The number of nitrogens with zero attached hydrogens (tertiary/aromatic N) is 2. The lowest BCUT2D eigenvalue weighted by molar-refractivity contribution is -0.116. The molecule has 1 aliphatic heterocycles. The third kappa shape index (κ3) is 13.9. The van der Waals surface area contributed by atoms with Crippen LogP contribution < -0.4 is 16.4 Å². The maximum absolute atomic E-state index is 13.9. The summed E-state index contributed by atoms with van der Waals surface area (Å²) in [6.45, 7) is 6.51. The summed E-state index contributed by atoms with van der Waals surface area (Å²) in [5, 5.41) is 5.81. The number of hydrogen-bond donors (Lipinski definition) is 3. The number of halogens is 3. The number of allylic oxidation sites excluding steroid dienone is 3. The summed E-state index contributed by atoms with van der Waals surface area (Å²) in [7, 11) is 3.61. The number of nitrogens with two attached hydrogens (primary N) is 1. The molecule has 0 spiro atoms. The SMILES string of the molecule is C=CCN/C=C(\C/C=C\CC)CCC(=O)Nc1cc(CN(C)C)cc(C(F)(F)CF)c1.NC(=O)N1CCC(c2ccccc2)CC1. The average molecular weight is 642 g/mol. The molecule has 2 aromatic rings. The molecule has 1 heterocycles. The van der Waals surface area contributed by atoms with Crippen molar-refractivity contribution in [2.45, 2.75) is 63.8 Å². The molecule has 3 amide bonds. The van der Waals surface area contributed by atoms with Crippen LogP contribution >= 0.6 is 0 Å². The number of piperidine rings is 1. The van der Waals surface area contributed by atoms with E-state index in [9.17, 15) is 22.8 Å². The first-order valence-electron chi connectivity index (χ1n) is 15.8. The summed E-state index contributed by atoms with van der Waals surface area (Å²) in [6.07, 6.45) is 12.2. The van der Waals surface area contributed by atoms with E-state index >= 15 is 0 Å². The van der Waals surface area contributed by atoms with Gasteiger partial charge in [0.2, 0.25) is 5.91 Å². The van der Waals surface area contributed by atoms with E-state index in [0.717, 1.165) is 50.4 Å². The molecule has 3 rings (SSSR count). The van der Waals surface area contributed by atoms with Gasteiger partial charge in [-0.15, -0.1) is 6.58 Å². The Morgan fingerprint density at radius 1 is 1.09 bits per heavy atom. The van der Waals surface area contributed by atoms with Crippen LogP contribution in [-0.4, -0.2) is 62.1 Å². The van der Waals surface area contributed by atoms with E-state index in [1.165, 1.54) is 11.6 Å². The number of likely N-dealkylation sites (tertiary alicyclic amines) is 1. The molecule has 0 aromatic heterocycles. The second kappa shape index (κ2) is 20.2. The van der Waals surface area contributed by atoms with Gasteiger partial charge >= 0.3 is 12.0 Å². The number of alkyl halides is 3. The summed E-state index contributed by atoms with van der Waals surface area (Å²) in [6, 6.07) is 14.2. The van der Waals surface area contributed by atoms with Gasteiger partial charge in [0.25, 0.3) is 0 Å². The molecule has 0 atom stereocenters. The first kappa shape index (κ1) is 38.1. The van der Waals surface area contributed by atoms with E-state index in [0.29, 0.717) is 31.0 Å². The Morgan fingerprint density at radius 2 is 1.78 bits per heavy atom. The average Bonchev–Trinajstić information content (AvgIpc) is 3.04. The molecule has 0 unspecified atom stereocenters. The largest absolute Gasteiger partial charge is 0.387 e. The van der Waals surface area contributed by atoms with E-state index in [-0.39, 0.29) is 24.0 Å². The smallest absolute Gasteiger partial charge is 0.314 e. The Kier molecular flexibility index (Phi) is 16.7. The summed E-state index contributed by atoms with van der Waals surface area (Å²) in [4.78, 5) is 27.0. The van der Waals surface area contributed by atoms with Crippen molar-refractivity contribution >= 4 is 17.6 Å². The number of rotatable bonds is 15. The molecule has 4 N–H and O–H groups in total. The van der Waals surface area contributed by atoms with Gasteiger partial charge < -0.3 is 26.2 Å². The zero-order valence-corrected chi connectivity index (χ0v) is 27.4. The standard InChI is InChI=1S/C24H34F3N3O.C12H16N2O/c1-5-7-8-9-19(16-28-12-6-2)10-11-23(31)29-22-14-20(17-30(3)4)13-21(15-22)24(26,27)18-25;13-12(15)14-8-6-11(7-9-14)10-4-2-1-3-5-10/h6-8,13-16,28H,2,5,9-12,17-18H2,1,3-4H3,(H,29,31);1-5,11H,6-9H2,(H2,13,15)/b8-7-,19-16+;. The highest BCUT2D eigenvalue weighted by atomic mass is 19.3. The highest BCUT2D eigenvalue weighted by Crippen LogP contribution is 2.32. The molecule has 10 heteroatoms. The van der Waals surface area contributed by atoms with Gasteiger partial charge in [-0.1, -0.05) is 61.1 Å². The fourth-order valence-corrected chi connectivity index (χ4v) is 5.09. The lowest BCUT2D eigenvalue weighted by Gasteiger charge is -2.30. The van der Waals surface area contributed by atoms with E-state index in [2.05, 4.69) is 60.6 Å². The minimum absolute atomic E-state index is 0.203. The number of amides is 3. The molecule has 0 saturated carbocycles. The zero-order chi connectivity index (χ0) is 34.0. The number of carbonyl (C=O) groups excluding carboxylic acids is 2. The fraction of sp³-hybridized carbons (Fsp3) is 0.444. The second-order valence-corrected chi connectivity index (χ2v) is 11.6. The quantitative estimate of drug-likeness (QED) is 0.139. The molecule has 1 fully saturated rings. The molecule has 7 nitrogen and oxygen atoms in total. The molecule has 0 radical (unpaired) electrons. The fourth-order valence-electron chi connectivity index (χ4n) is 5.09. The van der Waals surface area contributed by atoms with Gasteiger partial charge in [-0.25, -0.2) is 9.18 Å². The van der Waals surface area contributed by atoms with Gasteiger partial charge in [-0.3, -0.25) is 4.79 Å². The van der Waals surface area contributed by atoms with Crippen molar-refractivity contribution < 1.29 is 22.8 Å². The van der Waals surface area contributed by atoms with Crippen molar-refractivity contribution in [3.8, 4) is 0 Å². The molecular weight excluding hydrogens is 591 g/mol. The topological polar surface area (TPSA) is 90.7 Å². The van der Waals surface area contributed by atoms with Crippen LogP contribution in [0.4, 0.5) is 23.7 Å². The van der Waals surface area contributed by atoms with Crippen LogP contribution in [0.5, 0.6) is 0 Å². The second-order valence-electron chi connectivity index (χ2n) is 11.6. The molecule has 1 aliphatic rings. The van der Waals surface area contributed by atoms with Gasteiger partial charge in [-0.2, -0.15) is 8.78 Å². The number of nitrogens with one attached hydrogen (secondary N) is 2. The van der Waals surface area contributed by atoms with Crippen molar-refractivity contribution in [1.82, 2.24) is 15.1 Å². The molecule has 2 aromatic carbocycles. The van der Waals surface area contributed by atoms with E-state index in [1.54, 1.807) is 31.1 Å². The lowest BCUT2D eigenvalue weighted by Crippen LogP contribution is -2.41. The number of anilines is 1. The highest BCUT2D eigenvalue weighted by molar-refractivity contribution is 5.91. The first-order valence-corrected chi connectivity index (χ1v) is 15.8. The maximum Gasteiger partial charge on any atom is 0.314 e. The first-order chi connectivity index (χ1) is 22.0. The van der Waals surface area contributed by atoms with Crippen LogP contribution in [0, 0.1) is 0 Å². The van der Waals surface area contributed by atoms with Crippen molar-refractivity contribution in [1.29, 1.82) is 0 Å². The minimum Gasteiger partial charge on any atom is -0.387 e. The molecule has 0 aliphatic carbocycles. The third-order valence-electron chi connectivity index (χ3n) is 7.47. The molecule has 0 bridgehead atoms. The van der Waals surface area contributed by atoms with Crippen LogP contribution in [-0.2, 0) is 17.3 Å². The Morgan fingerprint density at radius 3 is 2.37 bits per heavy atom. The van der Waals surface area contributed by atoms with Gasteiger partial charge in [0, 0.05) is 43.9 Å².